The maximum atomic E-state index is 12.4. The Hall–Kier alpha value is -1.53. The van der Waals surface area contributed by atoms with Crippen LogP contribution in [0.25, 0.3) is 0 Å². The molecule has 1 fully saturated rings. The number of nitrogens with zero attached hydrogens (tertiary/aromatic N) is 3. The van der Waals surface area contributed by atoms with Crippen molar-refractivity contribution in [2.75, 3.05) is 26.8 Å². The van der Waals surface area contributed by atoms with Gasteiger partial charge in [0.05, 0.1) is 18.3 Å². The summed E-state index contributed by atoms with van der Waals surface area (Å²) < 4.78 is 11.1. The maximum absolute atomic E-state index is 12.4. The van der Waals surface area contributed by atoms with Crippen LogP contribution >= 0.6 is 0 Å². The van der Waals surface area contributed by atoms with Gasteiger partial charge in [-0.05, 0) is 26.3 Å². The molecule has 0 bridgehead atoms. The van der Waals surface area contributed by atoms with Gasteiger partial charge in [0, 0.05) is 38.5 Å². The Labute approximate surface area is 125 Å². The molecule has 1 aromatic heterocycles. The predicted octanol–water partition coefficient (Wildman–Crippen LogP) is 1.06. The molecule has 6 nitrogen and oxygen atoms in total. The molecular weight excluding hydrogens is 270 g/mol. The Balaban J connectivity index is 1.91. The maximum Gasteiger partial charge on any atom is 0.223 e. The Morgan fingerprint density at radius 3 is 3.05 bits per heavy atom. The lowest BCUT2D eigenvalue weighted by Gasteiger charge is -2.42. The number of methoxy groups -OCH3 is 1. The SMILES string of the molecule is COC[C@@H]1CN(C(=O)CCc2ccncn2)CC(C)(C)O1. The first-order chi connectivity index (χ1) is 10.00. The van der Waals surface area contributed by atoms with Gasteiger partial charge in [-0.2, -0.15) is 0 Å². The van der Waals surface area contributed by atoms with E-state index in [4.69, 9.17) is 9.47 Å². The first-order valence-corrected chi connectivity index (χ1v) is 7.19. The summed E-state index contributed by atoms with van der Waals surface area (Å²) in [5, 5.41) is 0. The summed E-state index contributed by atoms with van der Waals surface area (Å²) in [6, 6.07) is 1.84. The molecule has 1 aliphatic rings. The number of aryl methyl sites for hydroxylation is 1. The molecule has 21 heavy (non-hydrogen) atoms. The monoisotopic (exact) mass is 293 g/mol. The number of rotatable bonds is 5. The smallest absolute Gasteiger partial charge is 0.223 e. The first-order valence-electron chi connectivity index (χ1n) is 7.19. The summed E-state index contributed by atoms with van der Waals surface area (Å²) >= 11 is 0. The number of aromatic nitrogens is 2. The molecule has 0 aromatic carbocycles. The van der Waals surface area contributed by atoms with Gasteiger partial charge in [-0.25, -0.2) is 9.97 Å². The van der Waals surface area contributed by atoms with Crippen LogP contribution in [0.5, 0.6) is 0 Å². The van der Waals surface area contributed by atoms with Crippen molar-refractivity contribution in [1.82, 2.24) is 14.9 Å². The minimum Gasteiger partial charge on any atom is -0.382 e. The number of hydrogen-bond donors (Lipinski definition) is 0. The minimum atomic E-state index is -0.341. The second-order valence-electron chi connectivity index (χ2n) is 5.93. The van der Waals surface area contributed by atoms with E-state index in [0.717, 1.165) is 5.69 Å². The quantitative estimate of drug-likeness (QED) is 0.812. The average molecular weight is 293 g/mol. The van der Waals surface area contributed by atoms with Crippen LogP contribution in [0.1, 0.15) is 26.0 Å². The van der Waals surface area contributed by atoms with Crippen molar-refractivity contribution in [3.63, 3.8) is 0 Å². The number of amides is 1. The zero-order valence-corrected chi connectivity index (χ0v) is 12.9. The number of morpholine rings is 1. The van der Waals surface area contributed by atoms with Crippen LogP contribution in [0, 0.1) is 0 Å². The van der Waals surface area contributed by atoms with Crippen molar-refractivity contribution in [3.05, 3.63) is 24.3 Å². The van der Waals surface area contributed by atoms with Crippen LogP contribution in [0.15, 0.2) is 18.6 Å². The molecule has 0 radical (unpaired) electrons. The fourth-order valence-corrected chi connectivity index (χ4v) is 2.62. The van der Waals surface area contributed by atoms with E-state index in [1.54, 1.807) is 13.3 Å². The average Bonchev–Trinajstić information content (AvgIpc) is 2.44. The van der Waals surface area contributed by atoms with E-state index in [1.807, 2.05) is 24.8 Å². The molecule has 2 heterocycles. The summed E-state index contributed by atoms with van der Waals surface area (Å²) in [6.07, 6.45) is 4.22. The zero-order valence-electron chi connectivity index (χ0n) is 12.9. The van der Waals surface area contributed by atoms with Gasteiger partial charge < -0.3 is 14.4 Å². The highest BCUT2D eigenvalue weighted by molar-refractivity contribution is 5.76. The summed E-state index contributed by atoms with van der Waals surface area (Å²) in [7, 11) is 1.65. The topological polar surface area (TPSA) is 64.5 Å². The Morgan fingerprint density at radius 2 is 2.38 bits per heavy atom. The Kier molecular flexibility index (Phi) is 5.25. The standard InChI is InChI=1S/C15H23N3O3/c1-15(2)10-18(8-13(21-15)9-20-3)14(19)5-4-12-6-7-16-11-17-12/h6-7,11,13H,4-5,8-10H2,1-3H3/t13-/m0/s1. The Morgan fingerprint density at radius 1 is 1.57 bits per heavy atom. The molecule has 0 aliphatic carbocycles. The zero-order chi connectivity index (χ0) is 15.3. The number of hydrogen-bond acceptors (Lipinski definition) is 5. The molecule has 0 unspecified atom stereocenters. The Bertz CT molecular complexity index is 464. The molecule has 1 aromatic rings. The third-order valence-corrected chi connectivity index (χ3v) is 3.42. The van der Waals surface area contributed by atoms with Crippen LogP contribution in [-0.2, 0) is 20.7 Å². The van der Waals surface area contributed by atoms with Gasteiger partial charge in [0.2, 0.25) is 5.91 Å². The highest BCUT2D eigenvalue weighted by Crippen LogP contribution is 2.22. The summed E-state index contributed by atoms with van der Waals surface area (Å²) in [6.45, 7) is 5.69. The summed E-state index contributed by atoms with van der Waals surface area (Å²) in [5.74, 6) is 0.131. The van der Waals surface area contributed by atoms with Crippen LogP contribution in [0.3, 0.4) is 0 Å². The summed E-state index contributed by atoms with van der Waals surface area (Å²) in [4.78, 5) is 22.3. The molecule has 6 heteroatoms. The highest BCUT2D eigenvalue weighted by Gasteiger charge is 2.35. The van der Waals surface area contributed by atoms with Gasteiger partial charge in [0.1, 0.15) is 6.33 Å². The fraction of sp³-hybridized carbons (Fsp3) is 0.667. The predicted molar refractivity (Wildman–Crippen MR) is 77.8 cm³/mol. The van der Waals surface area contributed by atoms with Gasteiger partial charge in [-0.3, -0.25) is 4.79 Å². The van der Waals surface area contributed by atoms with Crippen molar-refractivity contribution in [3.8, 4) is 0 Å². The highest BCUT2D eigenvalue weighted by atomic mass is 16.5. The summed E-state index contributed by atoms with van der Waals surface area (Å²) in [5.41, 5.74) is 0.547. The third-order valence-electron chi connectivity index (χ3n) is 3.42. The molecule has 1 saturated heterocycles. The normalized spacial score (nSPS) is 21.3. The molecule has 1 aliphatic heterocycles. The lowest BCUT2D eigenvalue weighted by atomic mass is 10.0. The van der Waals surface area contributed by atoms with Crippen LogP contribution in [0.4, 0.5) is 0 Å². The van der Waals surface area contributed by atoms with Crippen molar-refractivity contribution < 1.29 is 14.3 Å². The second kappa shape index (κ2) is 6.95. The van der Waals surface area contributed by atoms with Crippen molar-refractivity contribution in [2.24, 2.45) is 0 Å². The second-order valence-corrected chi connectivity index (χ2v) is 5.93. The van der Waals surface area contributed by atoms with E-state index < -0.39 is 0 Å². The van der Waals surface area contributed by atoms with Gasteiger partial charge in [-0.1, -0.05) is 0 Å². The molecular formula is C15H23N3O3. The van der Waals surface area contributed by atoms with E-state index in [1.165, 1.54) is 6.33 Å². The van der Waals surface area contributed by atoms with E-state index in [9.17, 15) is 4.79 Å². The molecule has 1 amide bonds. The molecule has 116 valence electrons. The number of ether oxygens (including phenoxy) is 2. The van der Waals surface area contributed by atoms with Gasteiger partial charge >= 0.3 is 0 Å². The van der Waals surface area contributed by atoms with Crippen molar-refractivity contribution in [1.29, 1.82) is 0 Å². The third kappa shape index (κ3) is 4.75. The van der Waals surface area contributed by atoms with Crippen molar-refractivity contribution in [2.45, 2.75) is 38.4 Å². The van der Waals surface area contributed by atoms with Gasteiger partial charge in [0.15, 0.2) is 0 Å². The molecule has 0 saturated carbocycles. The molecule has 1 atom stereocenters. The van der Waals surface area contributed by atoms with Gasteiger partial charge in [-0.15, -0.1) is 0 Å². The van der Waals surface area contributed by atoms with E-state index in [-0.39, 0.29) is 17.6 Å². The minimum absolute atomic E-state index is 0.0678. The molecule has 0 N–H and O–H groups in total. The van der Waals surface area contributed by atoms with E-state index >= 15 is 0 Å². The van der Waals surface area contributed by atoms with Crippen LogP contribution in [0.2, 0.25) is 0 Å². The largest absolute Gasteiger partial charge is 0.382 e. The van der Waals surface area contributed by atoms with E-state index in [2.05, 4.69) is 9.97 Å². The fourth-order valence-electron chi connectivity index (χ4n) is 2.62. The lowest BCUT2D eigenvalue weighted by Crippen LogP contribution is -2.55. The molecule has 0 spiro atoms. The van der Waals surface area contributed by atoms with Crippen LogP contribution in [-0.4, -0.2) is 59.3 Å². The number of carbonyl (C=O) groups excluding carboxylic acids is 1. The van der Waals surface area contributed by atoms with Crippen LogP contribution < -0.4 is 0 Å². The first kappa shape index (κ1) is 15.9. The molecule has 2 rings (SSSR count). The lowest BCUT2D eigenvalue weighted by molar-refractivity contribution is -0.168. The van der Waals surface area contributed by atoms with Crippen molar-refractivity contribution >= 4 is 5.91 Å². The van der Waals surface area contributed by atoms with Gasteiger partial charge in [0.25, 0.3) is 0 Å². The number of carbonyl (C=O) groups is 1. The van der Waals surface area contributed by atoms with E-state index in [0.29, 0.717) is 32.5 Å².